The van der Waals surface area contributed by atoms with Crippen LogP contribution in [-0.4, -0.2) is 6.61 Å². The number of ether oxygens (including phenoxy) is 1. The van der Waals surface area contributed by atoms with Gasteiger partial charge in [-0.05, 0) is 0 Å². The van der Waals surface area contributed by atoms with Gasteiger partial charge in [0.1, 0.15) is 0 Å². The molecule has 0 radical (unpaired) electrons. The van der Waals surface area contributed by atoms with Gasteiger partial charge in [-0.2, -0.15) is 0 Å². The Kier molecular flexibility index (Phi) is 7.83. The van der Waals surface area contributed by atoms with Crippen LogP contribution in [0.4, 0.5) is 4.39 Å². The number of benzene rings is 4. The molecule has 0 aromatic heterocycles. The molecule has 0 saturated heterocycles. The fraction of sp³-hybridized carbons (Fsp3) is 0.273. The Hall–Kier alpha value is -2.96. The molecule has 36 heavy (non-hydrogen) atoms. The van der Waals surface area contributed by atoms with E-state index in [9.17, 15) is 0 Å². The van der Waals surface area contributed by atoms with Crippen molar-refractivity contribution in [3.8, 4) is 5.75 Å². The molecule has 4 aromatic rings. The van der Waals surface area contributed by atoms with Gasteiger partial charge in [0.25, 0.3) is 0 Å². The minimum absolute atomic E-state index is 0.105. The second-order valence-electron chi connectivity index (χ2n) is 10.1. The third kappa shape index (κ3) is 5.11. The van der Waals surface area contributed by atoms with E-state index in [0.717, 1.165) is 36.3 Å². The Balaban J connectivity index is 1.57. The van der Waals surface area contributed by atoms with Gasteiger partial charge in [-0.3, -0.25) is 0 Å². The van der Waals surface area contributed by atoms with Crippen molar-refractivity contribution in [2.75, 3.05) is 6.61 Å². The quantitative estimate of drug-likeness (QED) is 0.175. The Labute approximate surface area is 215 Å². The van der Waals surface area contributed by atoms with Crippen LogP contribution in [0.2, 0.25) is 0 Å². The van der Waals surface area contributed by atoms with E-state index in [-0.39, 0.29) is 5.82 Å². The molecule has 4 aromatic carbocycles. The maximum absolute atomic E-state index is 15.9. The number of hydrogen-bond donors (Lipinski definition) is 0. The molecule has 0 saturated carbocycles. The van der Waals surface area contributed by atoms with Crippen molar-refractivity contribution in [1.29, 1.82) is 0 Å². The molecule has 1 atom stereocenters. The number of rotatable bonds is 9. The third-order valence-electron chi connectivity index (χ3n) is 7.68. The van der Waals surface area contributed by atoms with Gasteiger partial charge >= 0.3 is 216 Å². The average molecular weight is 499 g/mol. The van der Waals surface area contributed by atoms with E-state index in [1.807, 2.05) is 6.07 Å². The summed E-state index contributed by atoms with van der Waals surface area (Å²) in [5.74, 6) is 1.25. The van der Waals surface area contributed by atoms with Gasteiger partial charge in [0.2, 0.25) is 0 Å². The van der Waals surface area contributed by atoms with E-state index in [1.165, 1.54) is 35.2 Å². The fourth-order valence-electron chi connectivity index (χ4n) is 5.77. The first kappa shape index (κ1) is 24.7. The van der Waals surface area contributed by atoms with Crippen LogP contribution in [0.5, 0.6) is 5.75 Å². The van der Waals surface area contributed by atoms with Gasteiger partial charge in [-0.15, -0.1) is 0 Å². The molecule has 0 fully saturated rings. The van der Waals surface area contributed by atoms with Crippen molar-refractivity contribution in [1.82, 2.24) is 0 Å². The summed E-state index contributed by atoms with van der Waals surface area (Å²) in [7, 11) is -2.57. The second kappa shape index (κ2) is 11.4. The molecule has 0 spiro atoms. The molecule has 186 valence electrons. The van der Waals surface area contributed by atoms with Crippen LogP contribution in [0.3, 0.4) is 0 Å². The minimum atomic E-state index is -2.57. The Morgan fingerprint density at radius 2 is 1.33 bits per heavy atom. The first-order valence-corrected chi connectivity index (χ1v) is 15.5. The predicted molar refractivity (Wildman–Crippen MR) is 153 cm³/mol. The zero-order valence-corrected chi connectivity index (χ0v) is 22.1. The van der Waals surface area contributed by atoms with Crippen molar-refractivity contribution in [2.45, 2.75) is 45.2 Å². The van der Waals surface area contributed by atoms with Crippen LogP contribution in [0.15, 0.2) is 103 Å². The summed E-state index contributed by atoms with van der Waals surface area (Å²) in [5.41, 5.74) is 1.77. The fourth-order valence-corrected chi connectivity index (χ4v) is 10.5. The average Bonchev–Trinajstić information content (AvgIpc) is 2.93. The molecule has 0 amide bonds. The Bertz CT molecular complexity index is 1160. The van der Waals surface area contributed by atoms with Gasteiger partial charge < -0.3 is 0 Å². The Morgan fingerprint density at radius 3 is 1.86 bits per heavy atom. The van der Waals surface area contributed by atoms with Gasteiger partial charge in [-0.25, -0.2) is 0 Å². The molecule has 5 rings (SSSR count). The van der Waals surface area contributed by atoms with Gasteiger partial charge in [0.05, 0.1) is 0 Å². The van der Waals surface area contributed by atoms with Crippen molar-refractivity contribution in [3.63, 3.8) is 0 Å². The topological polar surface area (TPSA) is 9.23 Å². The van der Waals surface area contributed by atoms with Gasteiger partial charge in [0.15, 0.2) is 0 Å². The number of fused-ring (bicyclic) bond motifs is 1. The number of halogens is 1. The summed E-state index contributed by atoms with van der Waals surface area (Å²) in [5, 5.41) is 3.87. The molecule has 1 aliphatic heterocycles. The molecule has 1 nitrogen and oxygen atoms in total. The zero-order valence-electron chi connectivity index (χ0n) is 21.1. The van der Waals surface area contributed by atoms with Crippen molar-refractivity contribution < 1.29 is 9.13 Å². The van der Waals surface area contributed by atoms with E-state index in [2.05, 4.69) is 97.9 Å². The Morgan fingerprint density at radius 1 is 0.778 bits per heavy atom. The number of hydrogen-bond acceptors (Lipinski definition) is 1. The summed E-state index contributed by atoms with van der Waals surface area (Å²) in [4.78, 5) is 0. The molecular weight excluding hydrogens is 462 g/mol. The second-order valence-corrected chi connectivity index (χ2v) is 14.0. The summed E-state index contributed by atoms with van der Waals surface area (Å²) < 4.78 is 22.1. The first-order chi connectivity index (χ1) is 17.7. The molecule has 1 heterocycles. The monoisotopic (exact) mass is 498 g/mol. The van der Waals surface area contributed by atoms with Crippen molar-refractivity contribution in [3.05, 3.63) is 120 Å². The summed E-state index contributed by atoms with van der Waals surface area (Å²) in [6, 6.07) is 35.9. The maximum atomic E-state index is 15.9. The molecule has 0 N–H and O–H groups in total. The van der Waals surface area contributed by atoms with Crippen LogP contribution < -0.4 is 20.7 Å². The molecule has 3 heteroatoms. The predicted octanol–water partition coefficient (Wildman–Crippen LogP) is 7.18. The van der Waals surface area contributed by atoms with E-state index in [0.29, 0.717) is 12.1 Å². The first-order valence-electron chi connectivity index (χ1n) is 13.3. The van der Waals surface area contributed by atoms with Gasteiger partial charge in [0, 0.05) is 0 Å². The SMILES string of the molecule is CCCCCC1COc2cc(C[PH](c3ccccc3)(c3ccccc3)c3ccccc3)c(F)cc2C1. The van der Waals surface area contributed by atoms with E-state index in [1.54, 1.807) is 6.07 Å². The van der Waals surface area contributed by atoms with Crippen LogP contribution in [0.25, 0.3) is 0 Å². The summed E-state index contributed by atoms with van der Waals surface area (Å²) in [6.45, 7) is 2.97. The third-order valence-corrected chi connectivity index (χ3v) is 12.6. The zero-order chi connectivity index (χ0) is 24.8. The van der Waals surface area contributed by atoms with Crippen LogP contribution >= 0.6 is 7.26 Å². The molecular formula is C33H36FOP. The van der Waals surface area contributed by atoms with Crippen molar-refractivity contribution in [2.24, 2.45) is 5.92 Å². The molecule has 1 unspecified atom stereocenters. The van der Waals surface area contributed by atoms with E-state index < -0.39 is 7.26 Å². The van der Waals surface area contributed by atoms with Crippen LogP contribution in [0.1, 0.15) is 43.7 Å². The van der Waals surface area contributed by atoms with Crippen molar-refractivity contribution >= 4 is 23.2 Å². The van der Waals surface area contributed by atoms with E-state index in [4.69, 9.17) is 4.74 Å². The van der Waals surface area contributed by atoms with Crippen LogP contribution in [0, 0.1) is 11.7 Å². The molecule has 0 bridgehead atoms. The summed E-state index contributed by atoms with van der Waals surface area (Å²) >= 11 is 0. The van der Waals surface area contributed by atoms with Crippen LogP contribution in [-0.2, 0) is 12.6 Å². The number of unbranched alkanes of at least 4 members (excludes halogenated alkanes) is 2. The summed E-state index contributed by atoms with van der Waals surface area (Å²) in [6.07, 6.45) is 6.41. The molecule has 1 aliphatic rings. The van der Waals surface area contributed by atoms with Gasteiger partial charge in [-0.1, -0.05) is 0 Å². The molecule has 0 aliphatic carbocycles. The standard InChI is InChI=1S/C33H36FOP/c1-2-3-7-14-26-21-27-22-32(34)28(23-33(27)35-24-26)25-36(29-15-8-4-9-16-29,30-17-10-5-11-18-30)31-19-12-6-13-20-31/h4-6,8-13,15-20,22-23,26,36H,2-3,7,14,21,24-25H2,1H3. The normalized spacial score (nSPS) is 15.7. The van der Waals surface area contributed by atoms with E-state index >= 15 is 4.39 Å².